The molecule has 22 heteroatoms. The summed E-state index contributed by atoms with van der Waals surface area (Å²) in [6.07, 6.45) is -23.7. The van der Waals surface area contributed by atoms with Crippen LogP contribution in [0.4, 0.5) is 0 Å². The standard InChI is InChI=1S/C51H84O22/c1-20-8-13-51(65-18-20)21(2)32-28(73-51)15-27-25-7-6-23-14-24(9-11-49(23,4)26(25)10-12-50(27,32)5)67-48-44(72-47-41(62)38(59)35(56)30(17-53)69-47)42(63)43(71-46-40(61)36(57)33(54)22(3)66-46)31(70-48)19-64-45-39(60)37(58)34(55)29(16-52)68-45/h20-48,52-63H,6-19H2,1-5H3/t20-,21-,22+,23-,24-,25+,26-,27-,28-,29+,30+,31+,32-,33-,34+,35+,36+,37-,38-,39+,40+,41+,42-,43+,44+,45+,46-,47-,48+,49-,50-,51+/m0/s1. The summed E-state index contributed by atoms with van der Waals surface area (Å²) in [4.78, 5) is 0. The maximum absolute atomic E-state index is 12.5. The molecule has 6 heterocycles. The molecule has 10 rings (SSSR count). The third-order valence-corrected chi connectivity index (χ3v) is 20.3. The minimum Gasteiger partial charge on any atom is -0.394 e. The Hall–Kier alpha value is -0.880. The lowest BCUT2D eigenvalue weighted by Crippen LogP contribution is -2.67. The summed E-state index contributed by atoms with van der Waals surface area (Å²) in [5.41, 5.74) is 0.166. The van der Waals surface area contributed by atoms with Crippen LogP contribution in [0.3, 0.4) is 0 Å². The van der Waals surface area contributed by atoms with Crippen molar-refractivity contribution in [1.29, 1.82) is 0 Å². The number of aliphatic hydroxyl groups excluding tert-OH is 12. The number of hydrogen-bond acceptors (Lipinski definition) is 22. The van der Waals surface area contributed by atoms with E-state index < -0.39 is 155 Å². The Morgan fingerprint density at radius 1 is 0.521 bits per heavy atom. The Balaban J connectivity index is 0.890. The normalized spacial score (nSPS) is 58.2. The van der Waals surface area contributed by atoms with Crippen LogP contribution < -0.4 is 0 Å². The Kier molecular flexibility index (Phi) is 16.2. The van der Waals surface area contributed by atoms with Gasteiger partial charge in [0.2, 0.25) is 0 Å². The highest BCUT2D eigenvalue weighted by Gasteiger charge is 2.69. The van der Waals surface area contributed by atoms with E-state index in [1.165, 1.54) is 6.92 Å². The molecule has 32 atom stereocenters. The SMILES string of the molecule is C[C@H]1CC[C@@]2(OC1)O[C@H]1C[C@H]3[C@@H]4CC[C@H]5C[C@@H](O[C@@H]6O[C@H](CO[C@@H]7O[C@H](CO)[C@@H](O)[C@H](O)[C@H]7O)[C@@H](O[C@@H]7O[C@H](C)[C@H](O)[C@@H](O)[C@H]7O)[C@H](O)[C@H]6O[C@@H]6O[C@H](CO)[C@@H](O)[C@H](O)[C@H]6O)CC[C@]5(C)[C@H]4CC[C@]3(C)[C@H]1[C@@H]2C. The molecule has 4 saturated carbocycles. The zero-order chi connectivity index (χ0) is 52.2. The molecule has 0 amide bonds. The molecule has 73 heavy (non-hydrogen) atoms. The van der Waals surface area contributed by atoms with Crippen molar-refractivity contribution in [2.45, 2.75) is 240 Å². The number of hydrogen-bond donors (Lipinski definition) is 12. The highest BCUT2D eigenvalue weighted by molar-refractivity contribution is 5.15. The Bertz CT molecular complexity index is 1860. The molecule has 0 aromatic heterocycles. The summed E-state index contributed by atoms with van der Waals surface area (Å²) < 4.78 is 62.5. The van der Waals surface area contributed by atoms with Crippen molar-refractivity contribution in [3.8, 4) is 0 Å². The summed E-state index contributed by atoms with van der Waals surface area (Å²) in [5, 5.41) is 129. The average Bonchev–Trinajstić information content (AvgIpc) is 3.82. The molecule has 0 aromatic rings. The van der Waals surface area contributed by atoms with E-state index in [2.05, 4.69) is 27.7 Å². The van der Waals surface area contributed by atoms with E-state index in [0.717, 1.165) is 58.0 Å². The van der Waals surface area contributed by atoms with Gasteiger partial charge >= 0.3 is 0 Å². The predicted molar refractivity (Wildman–Crippen MR) is 247 cm³/mol. The van der Waals surface area contributed by atoms with Crippen molar-refractivity contribution in [1.82, 2.24) is 0 Å². The van der Waals surface area contributed by atoms with Gasteiger partial charge in [-0.1, -0.05) is 27.7 Å². The zero-order valence-electron chi connectivity index (χ0n) is 42.6. The molecule has 10 aliphatic rings. The molecule has 0 radical (unpaired) electrons. The van der Waals surface area contributed by atoms with Crippen LogP contribution in [0.25, 0.3) is 0 Å². The van der Waals surface area contributed by atoms with Crippen LogP contribution in [0.15, 0.2) is 0 Å². The third kappa shape index (κ3) is 9.60. The Morgan fingerprint density at radius 3 is 1.78 bits per heavy atom. The summed E-state index contributed by atoms with van der Waals surface area (Å²) in [5.74, 6) is 2.69. The van der Waals surface area contributed by atoms with Gasteiger partial charge in [0, 0.05) is 12.3 Å². The van der Waals surface area contributed by atoms with E-state index in [9.17, 15) is 61.3 Å². The lowest BCUT2D eigenvalue weighted by atomic mass is 9.44. The van der Waals surface area contributed by atoms with Gasteiger partial charge in [-0.2, -0.15) is 0 Å². The minimum absolute atomic E-state index is 0.00805. The highest BCUT2D eigenvalue weighted by atomic mass is 16.8. The minimum atomic E-state index is -1.90. The summed E-state index contributed by atoms with van der Waals surface area (Å²) in [6.45, 7) is 9.64. The topological polar surface area (TPSA) is 335 Å². The van der Waals surface area contributed by atoms with E-state index in [4.69, 9.17) is 47.4 Å². The number of rotatable bonds is 11. The van der Waals surface area contributed by atoms with Crippen LogP contribution in [0.1, 0.15) is 98.8 Å². The zero-order valence-corrected chi connectivity index (χ0v) is 42.6. The van der Waals surface area contributed by atoms with Gasteiger partial charge in [0.05, 0.1) is 44.7 Å². The first-order valence-electron chi connectivity index (χ1n) is 27.2. The first-order valence-corrected chi connectivity index (χ1v) is 27.2. The molecule has 6 aliphatic heterocycles. The molecular weight excluding hydrogens is 965 g/mol. The second-order valence-corrected chi connectivity index (χ2v) is 24.4. The van der Waals surface area contributed by atoms with Crippen molar-refractivity contribution in [2.75, 3.05) is 26.4 Å². The Labute approximate surface area is 426 Å². The van der Waals surface area contributed by atoms with E-state index in [1.807, 2.05) is 0 Å². The Morgan fingerprint density at radius 2 is 1.12 bits per heavy atom. The number of fused-ring (bicyclic) bond motifs is 7. The van der Waals surface area contributed by atoms with Crippen LogP contribution in [0.2, 0.25) is 0 Å². The quantitative estimate of drug-likeness (QED) is 0.101. The van der Waals surface area contributed by atoms with E-state index in [1.54, 1.807) is 0 Å². The second-order valence-electron chi connectivity index (χ2n) is 24.4. The number of aliphatic hydroxyl groups is 12. The van der Waals surface area contributed by atoms with Crippen molar-refractivity contribution in [3.05, 3.63) is 0 Å². The molecule has 6 saturated heterocycles. The van der Waals surface area contributed by atoms with Gasteiger partial charge in [-0.3, -0.25) is 0 Å². The average molecular weight is 1050 g/mol. The first-order chi connectivity index (χ1) is 34.6. The van der Waals surface area contributed by atoms with Crippen molar-refractivity contribution < 1.29 is 109 Å². The highest BCUT2D eigenvalue weighted by Crippen LogP contribution is 2.71. The summed E-state index contributed by atoms with van der Waals surface area (Å²) in [7, 11) is 0. The molecular formula is C51H84O22. The molecule has 22 nitrogen and oxygen atoms in total. The van der Waals surface area contributed by atoms with E-state index in [-0.39, 0.29) is 22.9 Å². The fraction of sp³-hybridized carbons (Fsp3) is 1.00. The van der Waals surface area contributed by atoms with Gasteiger partial charge in [0.15, 0.2) is 30.9 Å². The fourth-order valence-corrected chi connectivity index (χ4v) is 16.0. The predicted octanol–water partition coefficient (Wildman–Crippen LogP) is -1.88. The van der Waals surface area contributed by atoms with Crippen molar-refractivity contribution in [3.63, 3.8) is 0 Å². The van der Waals surface area contributed by atoms with Gasteiger partial charge in [-0.15, -0.1) is 0 Å². The molecule has 0 bridgehead atoms. The lowest BCUT2D eigenvalue weighted by Gasteiger charge is -2.61. The van der Waals surface area contributed by atoms with Gasteiger partial charge in [0.1, 0.15) is 91.6 Å². The molecule has 420 valence electrons. The van der Waals surface area contributed by atoms with Crippen LogP contribution in [-0.4, -0.2) is 229 Å². The molecule has 0 aromatic carbocycles. The molecule has 0 unspecified atom stereocenters. The second kappa shape index (κ2) is 21.3. The van der Waals surface area contributed by atoms with Crippen LogP contribution in [0.5, 0.6) is 0 Å². The monoisotopic (exact) mass is 1050 g/mol. The summed E-state index contributed by atoms with van der Waals surface area (Å²) >= 11 is 0. The van der Waals surface area contributed by atoms with Crippen molar-refractivity contribution >= 4 is 0 Å². The van der Waals surface area contributed by atoms with Gasteiger partial charge in [0.25, 0.3) is 0 Å². The molecule has 12 N–H and O–H groups in total. The van der Waals surface area contributed by atoms with E-state index in [0.29, 0.717) is 48.3 Å². The molecule has 10 fully saturated rings. The largest absolute Gasteiger partial charge is 0.394 e. The van der Waals surface area contributed by atoms with Crippen LogP contribution in [0, 0.1) is 52.3 Å². The third-order valence-electron chi connectivity index (χ3n) is 20.3. The number of ether oxygens (including phenoxy) is 10. The maximum Gasteiger partial charge on any atom is 0.187 e. The fourth-order valence-electron chi connectivity index (χ4n) is 16.0. The first kappa shape index (κ1) is 55.4. The smallest absolute Gasteiger partial charge is 0.187 e. The molecule has 1 spiro atoms. The van der Waals surface area contributed by atoms with Gasteiger partial charge in [-0.25, -0.2) is 0 Å². The molecule has 4 aliphatic carbocycles. The summed E-state index contributed by atoms with van der Waals surface area (Å²) in [6, 6.07) is 0. The maximum atomic E-state index is 12.5. The van der Waals surface area contributed by atoms with Gasteiger partial charge < -0.3 is 109 Å². The van der Waals surface area contributed by atoms with Crippen LogP contribution >= 0.6 is 0 Å². The van der Waals surface area contributed by atoms with Gasteiger partial charge in [-0.05, 0) is 111 Å². The van der Waals surface area contributed by atoms with Crippen molar-refractivity contribution in [2.24, 2.45) is 52.3 Å². The van der Waals surface area contributed by atoms with Crippen LogP contribution in [-0.2, 0) is 47.4 Å². The van der Waals surface area contributed by atoms with E-state index >= 15 is 0 Å². The lowest BCUT2D eigenvalue weighted by molar-refractivity contribution is -0.395.